The Morgan fingerprint density at radius 2 is 1.69 bits per heavy atom. The van der Waals surface area contributed by atoms with Gasteiger partial charge in [-0.15, -0.1) is 0 Å². The molecule has 0 aliphatic rings. The van der Waals surface area contributed by atoms with E-state index >= 15 is 0 Å². The van der Waals surface area contributed by atoms with E-state index in [0.717, 1.165) is 5.56 Å². The van der Waals surface area contributed by atoms with Crippen LogP contribution in [0.5, 0.6) is 0 Å². The van der Waals surface area contributed by atoms with E-state index in [1.165, 1.54) is 6.08 Å². The average molecular weight is 339 g/mol. The minimum atomic E-state index is -0.546. The molecule has 0 unspecified atom stereocenters. The lowest BCUT2D eigenvalue weighted by molar-refractivity contribution is -0.112. The highest BCUT2D eigenvalue weighted by molar-refractivity contribution is 6.09. The maximum Gasteiger partial charge on any atom is 0.266 e. The van der Waals surface area contributed by atoms with Crippen molar-refractivity contribution in [1.82, 2.24) is 0 Å². The fourth-order valence-corrected chi connectivity index (χ4v) is 2.31. The van der Waals surface area contributed by atoms with Crippen molar-refractivity contribution in [1.29, 1.82) is 10.5 Å². The second kappa shape index (κ2) is 7.65. The molecule has 5 heteroatoms. The van der Waals surface area contributed by atoms with Crippen LogP contribution in [0.15, 0.2) is 76.7 Å². The maximum absolute atomic E-state index is 12.3. The first-order chi connectivity index (χ1) is 12.7. The van der Waals surface area contributed by atoms with E-state index in [4.69, 9.17) is 9.68 Å². The molecule has 3 rings (SSSR count). The summed E-state index contributed by atoms with van der Waals surface area (Å²) in [5.41, 5.74) is 1.82. The molecular weight excluding hydrogens is 326 g/mol. The first-order valence-corrected chi connectivity index (χ1v) is 7.78. The molecule has 0 radical (unpaired) electrons. The van der Waals surface area contributed by atoms with E-state index in [9.17, 15) is 10.1 Å². The number of anilines is 1. The van der Waals surface area contributed by atoms with Crippen LogP contribution in [-0.4, -0.2) is 5.91 Å². The van der Waals surface area contributed by atoms with Crippen LogP contribution in [0.3, 0.4) is 0 Å². The Balaban J connectivity index is 1.77. The Kier molecular flexibility index (Phi) is 4.93. The standard InChI is InChI=1S/C21H13N3O2/c22-13-15-6-8-18(9-7-15)24-21(25)17(14-23)12-19-10-11-20(26-19)16-4-2-1-3-5-16/h1-12H,(H,24,25)/b17-12-. The van der Waals surface area contributed by atoms with Crippen LogP contribution in [0.1, 0.15) is 11.3 Å². The fourth-order valence-electron chi connectivity index (χ4n) is 2.31. The lowest BCUT2D eigenvalue weighted by Gasteiger charge is -2.03. The van der Waals surface area contributed by atoms with Crippen molar-refractivity contribution in [3.05, 3.63) is 83.6 Å². The van der Waals surface area contributed by atoms with Crippen LogP contribution >= 0.6 is 0 Å². The second-order valence-corrected chi connectivity index (χ2v) is 5.38. The van der Waals surface area contributed by atoms with Crippen molar-refractivity contribution in [2.45, 2.75) is 0 Å². The van der Waals surface area contributed by atoms with E-state index in [1.54, 1.807) is 36.4 Å². The lowest BCUT2D eigenvalue weighted by Crippen LogP contribution is -2.13. The third kappa shape index (κ3) is 3.87. The van der Waals surface area contributed by atoms with Gasteiger partial charge in [-0.05, 0) is 36.4 Å². The molecule has 0 atom stereocenters. The molecule has 3 aromatic rings. The third-order valence-corrected chi connectivity index (χ3v) is 3.61. The maximum atomic E-state index is 12.3. The number of hydrogen-bond donors (Lipinski definition) is 1. The Bertz CT molecular complexity index is 1030. The largest absolute Gasteiger partial charge is 0.457 e. The SMILES string of the molecule is N#C/C(=C/c1ccc(-c2ccccc2)o1)C(=O)Nc1ccc(C#N)cc1. The zero-order valence-corrected chi connectivity index (χ0v) is 13.6. The Morgan fingerprint density at radius 3 is 2.35 bits per heavy atom. The summed E-state index contributed by atoms with van der Waals surface area (Å²) in [6.07, 6.45) is 1.39. The molecule has 26 heavy (non-hydrogen) atoms. The zero-order chi connectivity index (χ0) is 18.4. The number of amides is 1. The van der Waals surface area contributed by atoms with Crippen molar-refractivity contribution in [3.8, 4) is 23.5 Å². The van der Waals surface area contributed by atoms with Gasteiger partial charge in [0, 0.05) is 17.3 Å². The highest BCUT2D eigenvalue weighted by atomic mass is 16.3. The summed E-state index contributed by atoms with van der Waals surface area (Å²) in [5, 5.41) is 20.7. The number of nitrogens with zero attached hydrogens (tertiary/aromatic N) is 2. The van der Waals surface area contributed by atoms with Gasteiger partial charge in [0.1, 0.15) is 23.2 Å². The fraction of sp³-hybridized carbons (Fsp3) is 0. The topological polar surface area (TPSA) is 89.8 Å². The van der Waals surface area contributed by atoms with Crippen LogP contribution in [0, 0.1) is 22.7 Å². The molecule has 0 spiro atoms. The highest BCUT2D eigenvalue weighted by Gasteiger charge is 2.11. The van der Waals surface area contributed by atoms with Gasteiger partial charge in [0.2, 0.25) is 0 Å². The van der Waals surface area contributed by atoms with Gasteiger partial charge in [-0.3, -0.25) is 4.79 Å². The van der Waals surface area contributed by atoms with Gasteiger partial charge in [0.25, 0.3) is 5.91 Å². The summed E-state index contributed by atoms with van der Waals surface area (Å²) in [6, 6.07) is 23.3. The first-order valence-electron chi connectivity index (χ1n) is 7.78. The number of hydrogen-bond acceptors (Lipinski definition) is 4. The van der Waals surface area contributed by atoms with Crippen LogP contribution < -0.4 is 5.32 Å². The van der Waals surface area contributed by atoms with Crippen LogP contribution in [0.4, 0.5) is 5.69 Å². The summed E-state index contributed by atoms with van der Waals surface area (Å²) < 4.78 is 5.69. The van der Waals surface area contributed by atoms with Gasteiger partial charge < -0.3 is 9.73 Å². The molecule has 1 amide bonds. The molecule has 2 aromatic carbocycles. The molecule has 0 saturated heterocycles. The Labute approximate surface area is 150 Å². The van der Waals surface area contributed by atoms with E-state index < -0.39 is 5.91 Å². The molecule has 1 heterocycles. The summed E-state index contributed by atoms with van der Waals surface area (Å²) in [4.78, 5) is 12.3. The van der Waals surface area contributed by atoms with Crippen molar-refractivity contribution < 1.29 is 9.21 Å². The highest BCUT2D eigenvalue weighted by Crippen LogP contribution is 2.23. The van der Waals surface area contributed by atoms with Crippen molar-refractivity contribution >= 4 is 17.7 Å². The number of carbonyl (C=O) groups excluding carboxylic acids is 1. The zero-order valence-electron chi connectivity index (χ0n) is 13.6. The van der Waals surface area contributed by atoms with E-state index in [0.29, 0.717) is 22.8 Å². The third-order valence-electron chi connectivity index (χ3n) is 3.61. The minimum Gasteiger partial charge on any atom is -0.457 e. The van der Waals surface area contributed by atoms with Gasteiger partial charge in [-0.1, -0.05) is 30.3 Å². The molecule has 0 aliphatic carbocycles. The number of nitrogens with one attached hydrogen (secondary N) is 1. The van der Waals surface area contributed by atoms with Crippen LogP contribution in [-0.2, 0) is 4.79 Å². The van der Waals surface area contributed by atoms with Crippen LogP contribution in [0.2, 0.25) is 0 Å². The molecular formula is C21H13N3O2. The quantitative estimate of drug-likeness (QED) is 0.565. The molecule has 0 bridgehead atoms. The normalized spacial score (nSPS) is 10.6. The number of furan rings is 1. The number of carbonyl (C=O) groups is 1. The summed E-state index contributed by atoms with van der Waals surface area (Å²) in [5.74, 6) is 0.520. The number of nitriles is 2. The summed E-state index contributed by atoms with van der Waals surface area (Å²) in [7, 11) is 0. The molecule has 5 nitrogen and oxygen atoms in total. The Morgan fingerprint density at radius 1 is 0.962 bits per heavy atom. The van der Waals surface area contributed by atoms with Crippen molar-refractivity contribution in [2.75, 3.05) is 5.32 Å². The minimum absolute atomic E-state index is 0.0803. The molecule has 124 valence electrons. The van der Waals surface area contributed by atoms with E-state index in [1.807, 2.05) is 42.5 Å². The number of benzene rings is 2. The molecule has 1 aromatic heterocycles. The monoisotopic (exact) mass is 339 g/mol. The molecule has 0 saturated carbocycles. The average Bonchev–Trinajstić information content (AvgIpc) is 3.16. The summed E-state index contributed by atoms with van der Waals surface area (Å²) in [6.45, 7) is 0. The summed E-state index contributed by atoms with van der Waals surface area (Å²) >= 11 is 0. The van der Waals surface area contributed by atoms with E-state index in [2.05, 4.69) is 5.32 Å². The molecule has 0 fully saturated rings. The van der Waals surface area contributed by atoms with Gasteiger partial charge in [-0.2, -0.15) is 10.5 Å². The van der Waals surface area contributed by atoms with Crippen LogP contribution in [0.25, 0.3) is 17.4 Å². The van der Waals surface area contributed by atoms with Crippen molar-refractivity contribution in [2.24, 2.45) is 0 Å². The predicted molar refractivity (Wildman–Crippen MR) is 97.5 cm³/mol. The molecule has 0 aliphatic heterocycles. The molecule has 1 N–H and O–H groups in total. The number of rotatable bonds is 4. The Hall–Kier alpha value is -4.09. The van der Waals surface area contributed by atoms with Gasteiger partial charge in [-0.25, -0.2) is 0 Å². The first kappa shape index (κ1) is 16.8. The van der Waals surface area contributed by atoms with Gasteiger partial charge in [0.15, 0.2) is 0 Å². The second-order valence-electron chi connectivity index (χ2n) is 5.38. The van der Waals surface area contributed by atoms with Crippen molar-refractivity contribution in [3.63, 3.8) is 0 Å². The van der Waals surface area contributed by atoms with Gasteiger partial charge in [0.05, 0.1) is 11.6 Å². The van der Waals surface area contributed by atoms with Gasteiger partial charge >= 0.3 is 0 Å². The predicted octanol–water partition coefficient (Wildman–Crippen LogP) is 4.36. The van der Waals surface area contributed by atoms with E-state index in [-0.39, 0.29) is 5.57 Å². The smallest absolute Gasteiger partial charge is 0.266 e. The lowest BCUT2D eigenvalue weighted by atomic mass is 10.2.